The predicted octanol–water partition coefficient (Wildman–Crippen LogP) is 3.07. The van der Waals surface area contributed by atoms with Crippen LogP contribution in [0.5, 0.6) is 0 Å². The normalized spacial score (nSPS) is 13.1. The van der Waals surface area contributed by atoms with E-state index in [-0.39, 0.29) is 11.3 Å². The van der Waals surface area contributed by atoms with Gasteiger partial charge in [0.15, 0.2) is 0 Å². The summed E-state index contributed by atoms with van der Waals surface area (Å²) in [5.74, 6) is 0. The fraction of sp³-hybridized carbons (Fsp3) is 0.125. The van der Waals surface area contributed by atoms with Crippen LogP contribution < -0.4 is 9.86 Å². The fourth-order valence-corrected chi connectivity index (χ4v) is 3.82. The first-order valence-corrected chi connectivity index (χ1v) is 10.4. The summed E-state index contributed by atoms with van der Waals surface area (Å²) < 4.78 is 87.2. The molecule has 0 unspecified atom stereocenters. The van der Waals surface area contributed by atoms with Crippen molar-refractivity contribution in [1.82, 2.24) is 0 Å². The third-order valence-electron chi connectivity index (χ3n) is 3.37. The maximum Gasteiger partial charge on any atom is 0.416 e. The molecular formula is C16H15F3N2O4S2. The monoisotopic (exact) mass is 420 g/mol. The highest BCUT2D eigenvalue weighted by atomic mass is 32.2. The van der Waals surface area contributed by atoms with Crippen LogP contribution in [-0.4, -0.2) is 16.8 Å². The molecule has 0 bridgehead atoms. The lowest BCUT2D eigenvalue weighted by molar-refractivity contribution is -0.137. The van der Waals surface area contributed by atoms with Crippen LogP contribution in [0.4, 0.5) is 18.9 Å². The average molecular weight is 420 g/mol. The van der Waals surface area contributed by atoms with Gasteiger partial charge in [0.25, 0.3) is 10.0 Å². The minimum absolute atomic E-state index is 0.212. The Bertz CT molecular complexity index is 1080. The molecule has 0 saturated carbocycles. The number of alkyl halides is 3. The molecule has 0 saturated heterocycles. The molecule has 2 rings (SSSR count). The van der Waals surface area contributed by atoms with Crippen LogP contribution in [0.1, 0.15) is 16.7 Å². The van der Waals surface area contributed by atoms with Crippen molar-refractivity contribution in [2.24, 2.45) is 5.14 Å². The van der Waals surface area contributed by atoms with Crippen molar-refractivity contribution in [1.29, 1.82) is 0 Å². The van der Waals surface area contributed by atoms with Gasteiger partial charge in [0.05, 0.1) is 16.7 Å². The number of benzene rings is 2. The van der Waals surface area contributed by atoms with Crippen molar-refractivity contribution >= 4 is 31.8 Å². The van der Waals surface area contributed by atoms with Gasteiger partial charge in [-0.1, -0.05) is 18.2 Å². The second kappa shape index (κ2) is 7.33. The molecule has 146 valence electrons. The van der Waals surface area contributed by atoms with Crippen LogP contribution in [0.3, 0.4) is 0 Å². The molecule has 0 fully saturated rings. The Kier molecular flexibility index (Phi) is 5.68. The molecule has 0 atom stereocenters. The van der Waals surface area contributed by atoms with Gasteiger partial charge in [-0.2, -0.15) is 13.2 Å². The Morgan fingerprint density at radius 3 is 2.11 bits per heavy atom. The van der Waals surface area contributed by atoms with Crippen LogP contribution in [0.25, 0.3) is 6.08 Å². The first-order valence-electron chi connectivity index (χ1n) is 7.29. The topological polar surface area (TPSA) is 106 Å². The quantitative estimate of drug-likeness (QED) is 0.775. The van der Waals surface area contributed by atoms with E-state index in [4.69, 9.17) is 5.14 Å². The van der Waals surface area contributed by atoms with Crippen molar-refractivity contribution < 1.29 is 30.0 Å². The van der Waals surface area contributed by atoms with Gasteiger partial charge in [-0.25, -0.2) is 22.0 Å². The Morgan fingerprint density at radius 2 is 1.59 bits per heavy atom. The van der Waals surface area contributed by atoms with Crippen LogP contribution in [0.15, 0.2) is 52.8 Å². The highest BCUT2D eigenvalue weighted by molar-refractivity contribution is 7.95. The van der Waals surface area contributed by atoms with Gasteiger partial charge in [0.1, 0.15) is 4.90 Å². The summed E-state index contributed by atoms with van der Waals surface area (Å²) in [6, 6.07) is 7.81. The number of hydrogen-bond acceptors (Lipinski definition) is 4. The predicted molar refractivity (Wildman–Crippen MR) is 95.6 cm³/mol. The number of primary sulfonamides is 1. The zero-order chi connectivity index (χ0) is 20.5. The highest BCUT2D eigenvalue weighted by Gasteiger charge is 2.29. The van der Waals surface area contributed by atoms with Gasteiger partial charge in [-0.05, 0) is 48.4 Å². The van der Waals surface area contributed by atoms with Gasteiger partial charge in [0.2, 0.25) is 10.0 Å². The van der Waals surface area contributed by atoms with E-state index in [1.807, 2.05) is 0 Å². The number of rotatable bonds is 5. The molecule has 6 nitrogen and oxygen atoms in total. The number of anilines is 1. The number of sulfonamides is 2. The number of nitrogens with two attached hydrogens (primary N) is 1. The van der Waals surface area contributed by atoms with Gasteiger partial charge >= 0.3 is 6.18 Å². The maximum absolute atomic E-state index is 12.5. The first-order chi connectivity index (χ1) is 12.3. The van der Waals surface area contributed by atoms with Crippen molar-refractivity contribution in [2.75, 3.05) is 4.72 Å². The Hall–Kier alpha value is -2.37. The van der Waals surface area contributed by atoms with Crippen LogP contribution in [0.2, 0.25) is 0 Å². The zero-order valence-electron chi connectivity index (χ0n) is 13.9. The van der Waals surface area contributed by atoms with Crippen molar-refractivity contribution in [3.05, 3.63) is 64.6 Å². The summed E-state index contributed by atoms with van der Waals surface area (Å²) >= 11 is 0. The third-order valence-corrected chi connectivity index (χ3v) is 5.32. The summed E-state index contributed by atoms with van der Waals surface area (Å²) in [6.45, 7) is 1.61. The Balaban J connectivity index is 2.27. The number of aryl methyl sites for hydroxylation is 1. The number of hydrogen-bond donors (Lipinski definition) is 2. The van der Waals surface area contributed by atoms with Gasteiger partial charge in [0, 0.05) is 0 Å². The minimum Gasteiger partial charge on any atom is -0.279 e. The lowest BCUT2D eigenvalue weighted by atomic mass is 10.1. The van der Waals surface area contributed by atoms with E-state index >= 15 is 0 Å². The maximum atomic E-state index is 12.5. The molecule has 0 radical (unpaired) electrons. The molecule has 0 aliphatic heterocycles. The van der Waals surface area contributed by atoms with Crippen molar-refractivity contribution in [2.45, 2.75) is 18.0 Å². The van der Waals surface area contributed by atoms with E-state index in [1.54, 1.807) is 6.92 Å². The Labute approximate surface area is 154 Å². The van der Waals surface area contributed by atoms with Crippen molar-refractivity contribution in [3.63, 3.8) is 0 Å². The average Bonchev–Trinajstić information content (AvgIpc) is 2.53. The van der Waals surface area contributed by atoms with Crippen LogP contribution in [-0.2, 0) is 26.2 Å². The van der Waals surface area contributed by atoms with Gasteiger partial charge < -0.3 is 0 Å². The molecule has 27 heavy (non-hydrogen) atoms. The molecule has 0 aliphatic rings. The fourth-order valence-electron chi connectivity index (χ4n) is 2.09. The number of halogens is 3. The second-order valence-electron chi connectivity index (χ2n) is 5.61. The highest BCUT2D eigenvalue weighted by Crippen LogP contribution is 2.29. The largest absolute Gasteiger partial charge is 0.416 e. The Morgan fingerprint density at radius 1 is 1.00 bits per heavy atom. The molecule has 0 aromatic heterocycles. The van der Waals surface area contributed by atoms with E-state index < -0.39 is 36.7 Å². The molecule has 3 N–H and O–H groups in total. The first kappa shape index (κ1) is 20.9. The van der Waals surface area contributed by atoms with E-state index in [1.165, 1.54) is 18.2 Å². The molecule has 0 spiro atoms. The van der Waals surface area contributed by atoms with E-state index in [0.717, 1.165) is 30.3 Å². The summed E-state index contributed by atoms with van der Waals surface area (Å²) in [4.78, 5) is -0.394. The summed E-state index contributed by atoms with van der Waals surface area (Å²) in [5, 5.41) is 5.80. The minimum atomic E-state index is -4.49. The standard InChI is InChI=1S/C16H15F3N2O4S2/c1-11-2-7-14(15(10-11)27(20,24)25)21-26(22,23)9-8-12-3-5-13(6-4-12)16(17,18)19/h2-10,21H,1H3,(H2,20,24,25)/b9-8+. The smallest absolute Gasteiger partial charge is 0.279 e. The summed E-state index contributed by atoms with van der Waals surface area (Å²) in [7, 11) is -8.31. The molecule has 11 heteroatoms. The molecular weight excluding hydrogens is 405 g/mol. The van der Waals surface area contributed by atoms with E-state index in [9.17, 15) is 30.0 Å². The third kappa shape index (κ3) is 5.81. The lowest BCUT2D eigenvalue weighted by Gasteiger charge is -2.10. The van der Waals surface area contributed by atoms with E-state index in [0.29, 0.717) is 11.0 Å². The van der Waals surface area contributed by atoms with E-state index in [2.05, 4.69) is 4.72 Å². The molecule has 2 aromatic carbocycles. The molecule has 2 aromatic rings. The number of nitrogens with one attached hydrogen (secondary N) is 1. The van der Waals surface area contributed by atoms with Crippen LogP contribution in [0, 0.1) is 6.92 Å². The SMILES string of the molecule is Cc1ccc(NS(=O)(=O)/C=C/c2ccc(C(F)(F)F)cc2)c(S(N)(=O)=O)c1. The zero-order valence-corrected chi connectivity index (χ0v) is 15.5. The second-order valence-corrected chi connectivity index (χ2v) is 8.71. The van der Waals surface area contributed by atoms with Gasteiger partial charge in [-0.15, -0.1) is 0 Å². The molecule has 0 aliphatic carbocycles. The van der Waals surface area contributed by atoms with Crippen molar-refractivity contribution in [3.8, 4) is 0 Å². The van der Waals surface area contributed by atoms with Gasteiger partial charge in [-0.3, -0.25) is 4.72 Å². The molecule has 0 heterocycles. The summed E-state index contributed by atoms with van der Waals surface area (Å²) in [6.07, 6.45) is -3.42. The molecule has 0 amide bonds. The summed E-state index contributed by atoms with van der Waals surface area (Å²) in [5.41, 5.74) is -0.329. The van der Waals surface area contributed by atoms with Crippen LogP contribution >= 0.6 is 0 Å². The lowest BCUT2D eigenvalue weighted by Crippen LogP contribution is -2.17.